The predicted molar refractivity (Wildman–Crippen MR) is 116 cm³/mol. The lowest BCUT2D eigenvalue weighted by Crippen LogP contribution is -2.07. The summed E-state index contributed by atoms with van der Waals surface area (Å²) in [4.78, 5) is 4.28. The first-order valence-electron chi connectivity index (χ1n) is 9.77. The maximum absolute atomic E-state index is 13.1. The van der Waals surface area contributed by atoms with Gasteiger partial charge in [0.15, 0.2) is 11.5 Å². The Morgan fingerprint density at radius 3 is 2.50 bits per heavy atom. The predicted octanol–water partition coefficient (Wildman–Crippen LogP) is 6.34. The van der Waals surface area contributed by atoms with Crippen LogP contribution in [0.3, 0.4) is 0 Å². The highest BCUT2D eigenvalue weighted by molar-refractivity contribution is 6.33. The third-order valence-corrected chi connectivity index (χ3v) is 5.34. The Labute approximate surface area is 181 Å². The van der Waals surface area contributed by atoms with Crippen LogP contribution in [0.5, 0.6) is 17.2 Å². The van der Waals surface area contributed by atoms with E-state index in [0.717, 1.165) is 23.2 Å². The molecule has 1 heterocycles. The molecular formula is C24H25ClFNO3. The number of hydrogen-bond donors (Lipinski definition) is 0. The molecule has 1 atom stereocenters. The number of rotatable bonds is 9. The number of hydrogen-bond acceptors (Lipinski definition) is 4. The molecule has 0 aliphatic rings. The number of aromatic nitrogens is 1. The Bertz CT molecular complexity index is 964. The number of halogens is 2. The van der Waals surface area contributed by atoms with Crippen molar-refractivity contribution < 1.29 is 18.6 Å². The Morgan fingerprint density at radius 1 is 1.07 bits per heavy atom. The fourth-order valence-corrected chi connectivity index (χ4v) is 3.29. The topological polar surface area (TPSA) is 40.6 Å². The molecule has 4 nitrogen and oxygen atoms in total. The van der Waals surface area contributed by atoms with Gasteiger partial charge in [-0.2, -0.15) is 0 Å². The van der Waals surface area contributed by atoms with Gasteiger partial charge >= 0.3 is 0 Å². The van der Waals surface area contributed by atoms with Crippen LogP contribution in [-0.2, 0) is 6.61 Å². The molecule has 1 unspecified atom stereocenters. The zero-order chi connectivity index (χ0) is 21.5. The fraction of sp³-hybridized carbons (Fsp3) is 0.292. The molecule has 0 radical (unpaired) electrons. The fourth-order valence-electron chi connectivity index (χ4n) is 3.07. The van der Waals surface area contributed by atoms with Crippen molar-refractivity contribution in [1.29, 1.82) is 0 Å². The first-order chi connectivity index (χ1) is 14.5. The first kappa shape index (κ1) is 21.9. The highest BCUT2D eigenvalue weighted by atomic mass is 35.5. The molecule has 158 valence electrons. The molecule has 0 bridgehead atoms. The van der Waals surface area contributed by atoms with Crippen molar-refractivity contribution >= 4 is 11.6 Å². The van der Waals surface area contributed by atoms with Crippen molar-refractivity contribution in [2.75, 3.05) is 13.7 Å². The number of aryl methyl sites for hydroxylation is 1. The van der Waals surface area contributed by atoms with Gasteiger partial charge < -0.3 is 14.2 Å². The Kier molecular flexibility index (Phi) is 7.52. The van der Waals surface area contributed by atoms with Crippen LogP contribution in [0.1, 0.15) is 36.1 Å². The van der Waals surface area contributed by atoms with Gasteiger partial charge in [0.25, 0.3) is 0 Å². The number of nitrogens with zero attached hydrogens (tertiary/aromatic N) is 1. The molecule has 0 aliphatic carbocycles. The zero-order valence-corrected chi connectivity index (χ0v) is 18.1. The van der Waals surface area contributed by atoms with E-state index in [4.69, 9.17) is 25.8 Å². The van der Waals surface area contributed by atoms with Crippen LogP contribution < -0.4 is 14.2 Å². The van der Waals surface area contributed by atoms with E-state index in [1.165, 1.54) is 12.1 Å². The monoisotopic (exact) mass is 429 g/mol. The largest absolute Gasteiger partial charge is 0.491 e. The first-order valence-corrected chi connectivity index (χ1v) is 10.2. The molecule has 30 heavy (non-hydrogen) atoms. The third-order valence-electron chi connectivity index (χ3n) is 4.87. The number of ether oxygens (including phenoxy) is 3. The quantitative estimate of drug-likeness (QED) is 0.397. The Hall–Kier alpha value is -2.79. The van der Waals surface area contributed by atoms with Crippen LogP contribution in [0.15, 0.2) is 54.7 Å². The van der Waals surface area contributed by atoms with E-state index in [1.807, 2.05) is 31.2 Å². The summed E-state index contributed by atoms with van der Waals surface area (Å²) in [5.74, 6) is 1.43. The highest BCUT2D eigenvalue weighted by Gasteiger charge is 2.20. The molecule has 0 saturated heterocycles. The number of methoxy groups -OCH3 is 1. The van der Waals surface area contributed by atoms with E-state index in [2.05, 4.69) is 11.9 Å². The summed E-state index contributed by atoms with van der Waals surface area (Å²) in [6, 6.07) is 14.0. The van der Waals surface area contributed by atoms with Crippen LogP contribution in [0.25, 0.3) is 0 Å². The van der Waals surface area contributed by atoms with Gasteiger partial charge in [-0.15, -0.1) is 0 Å². The van der Waals surface area contributed by atoms with Crippen molar-refractivity contribution in [3.05, 3.63) is 82.4 Å². The number of pyridine rings is 1. The van der Waals surface area contributed by atoms with E-state index < -0.39 is 0 Å². The van der Waals surface area contributed by atoms with Gasteiger partial charge in [0.2, 0.25) is 5.75 Å². The maximum atomic E-state index is 13.1. The highest BCUT2D eigenvalue weighted by Crippen LogP contribution is 2.45. The van der Waals surface area contributed by atoms with Crippen molar-refractivity contribution in [3.8, 4) is 17.2 Å². The van der Waals surface area contributed by atoms with Crippen LogP contribution in [0.4, 0.5) is 4.39 Å². The zero-order valence-electron chi connectivity index (χ0n) is 17.3. The van der Waals surface area contributed by atoms with E-state index in [0.29, 0.717) is 35.5 Å². The molecule has 1 aromatic heterocycles. The summed E-state index contributed by atoms with van der Waals surface area (Å²) in [6.07, 6.45) is 2.46. The molecule has 0 spiro atoms. The summed E-state index contributed by atoms with van der Waals surface area (Å²) < 4.78 is 30.7. The second kappa shape index (κ2) is 10.3. The van der Waals surface area contributed by atoms with Crippen molar-refractivity contribution in [1.82, 2.24) is 4.98 Å². The summed E-state index contributed by atoms with van der Waals surface area (Å²) in [5, 5.41) is 0.490. The van der Waals surface area contributed by atoms with Gasteiger partial charge in [0.1, 0.15) is 12.4 Å². The molecule has 0 amide bonds. The molecule has 3 aromatic rings. The average molecular weight is 430 g/mol. The Balaban J connectivity index is 1.74. The minimum absolute atomic E-state index is 0.204. The van der Waals surface area contributed by atoms with E-state index >= 15 is 0 Å². The van der Waals surface area contributed by atoms with Crippen LogP contribution >= 0.6 is 11.6 Å². The molecule has 3 rings (SSSR count). The van der Waals surface area contributed by atoms with Crippen molar-refractivity contribution in [2.45, 2.75) is 32.8 Å². The summed E-state index contributed by atoms with van der Waals surface area (Å²) in [6.45, 7) is 4.69. The molecular weight excluding hydrogens is 405 g/mol. The maximum Gasteiger partial charge on any atom is 0.205 e. The third kappa shape index (κ3) is 5.42. The minimum Gasteiger partial charge on any atom is -0.491 e. The van der Waals surface area contributed by atoms with E-state index in [9.17, 15) is 4.39 Å². The van der Waals surface area contributed by atoms with Crippen molar-refractivity contribution in [2.24, 2.45) is 0 Å². The lowest BCUT2D eigenvalue weighted by atomic mass is 9.98. The standard InChI is InChI=1S/C24H25ClFNO3/c1-16(18-7-9-19(26)10-8-18)11-13-29-23-21(14-17(2)22(25)24(23)28-3)30-15-20-6-4-5-12-27-20/h4-10,12,14,16H,11,13,15H2,1-3H3. The van der Waals surface area contributed by atoms with E-state index in [-0.39, 0.29) is 11.7 Å². The van der Waals surface area contributed by atoms with E-state index in [1.54, 1.807) is 25.4 Å². The van der Waals surface area contributed by atoms with Crippen LogP contribution in [-0.4, -0.2) is 18.7 Å². The molecule has 2 aromatic carbocycles. The smallest absolute Gasteiger partial charge is 0.205 e. The lowest BCUT2D eigenvalue weighted by Gasteiger charge is -2.19. The second-order valence-corrected chi connectivity index (χ2v) is 7.45. The summed E-state index contributed by atoms with van der Waals surface area (Å²) in [5.41, 5.74) is 2.69. The van der Waals surface area contributed by atoms with Crippen LogP contribution in [0, 0.1) is 12.7 Å². The SMILES string of the molecule is COc1c(Cl)c(C)cc(OCc2ccccn2)c1OCCC(C)c1ccc(F)cc1. The molecule has 0 N–H and O–H groups in total. The van der Waals surface area contributed by atoms with Crippen LogP contribution in [0.2, 0.25) is 5.02 Å². The van der Waals surface area contributed by atoms with Gasteiger partial charge in [0, 0.05) is 6.20 Å². The molecule has 6 heteroatoms. The molecule has 0 saturated carbocycles. The molecule has 0 fully saturated rings. The lowest BCUT2D eigenvalue weighted by molar-refractivity contribution is 0.242. The average Bonchev–Trinajstić information content (AvgIpc) is 2.76. The van der Waals surface area contributed by atoms with Gasteiger partial charge in [-0.1, -0.05) is 36.7 Å². The summed E-state index contributed by atoms with van der Waals surface area (Å²) >= 11 is 6.43. The van der Waals surface area contributed by atoms with Crippen molar-refractivity contribution in [3.63, 3.8) is 0 Å². The summed E-state index contributed by atoms with van der Waals surface area (Å²) in [7, 11) is 1.55. The number of benzene rings is 2. The van der Waals surface area contributed by atoms with Gasteiger partial charge in [-0.25, -0.2) is 4.39 Å². The van der Waals surface area contributed by atoms with Gasteiger partial charge in [-0.3, -0.25) is 4.98 Å². The van der Waals surface area contributed by atoms with Gasteiger partial charge in [-0.05, 0) is 60.7 Å². The molecule has 0 aliphatic heterocycles. The minimum atomic E-state index is -0.240. The van der Waals surface area contributed by atoms with Gasteiger partial charge in [0.05, 0.1) is 24.4 Å². The Morgan fingerprint density at radius 2 is 1.83 bits per heavy atom. The normalized spacial score (nSPS) is 11.8. The second-order valence-electron chi connectivity index (χ2n) is 7.07.